The van der Waals surface area contributed by atoms with Crippen LogP contribution >= 0.6 is 0 Å². The molecule has 1 N–H and O–H groups in total. The quantitative estimate of drug-likeness (QED) is 0.791. The van der Waals surface area contributed by atoms with Crippen molar-refractivity contribution >= 4 is 12.0 Å². The Bertz CT molecular complexity index is 359. The van der Waals surface area contributed by atoms with Crippen LogP contribution in [0.25, 0.3) is 0 Å². The van der Waals surface area contributed by atoms with Crippen LogP contribution in [0.15, 0.2) is 0 Å². The number of carboxylic acid groups (broad SMARTS) is 1. The number of nitrogens with zero attached hydrogens (tertiary/aromatic N) is 2. The van der Waals surface area contributed by atoms with Gasteiger partial charge in [0.05, 0.1) is 5.92 Å². The zero-order chi connectivity index (χ0) is 14.0. The van der Waals surface area contributed by atoms with E-state index in [2.05, 4.69) is 13.8 Å². The molecule has 0 aromatic heterocycles. The molecule has 2 aliphatic rings. The molecule has 2 aliphatic heterocycles. The number of carbonyl (C=O) groups is 2. The van der Waals surface area contributed by atoms with E-state index in [9.17, 15) is 9.59 Å². The maximum atomic E-state index is 12.5. The molecule has 2 amide bonds. The Kier molecular flexibility index (Phi) is 4.32. The highest BCUT2D eigenvalue weighted by molar-refractivity contribution is 5.77. The predicted octanol–water partition coefficient (Wildman–Crippen LogP) is 2.02. The summed E-state index contributed by atoms with van der Waals surface area (Å²) in [6.07, 6.45) is 3.57. The van der Waals surface area contributed by atoms with Crippen molar-refractivity contribution in [2.75, 3.05) is 19.6 Å². The number of rotatable bonds is 1. The number of amides is 2. The van der Waals surface area contributed by atoms with E-state index in [-0.39, 0.29) is 12.1 Å². The molecule has 0 radical (unpaired) electrons. The fraction of sp³-hybridized carbons (Fsp3) is 0.857. The molecule has 0 spiro atoms. The highest BCUT2D eigenvalue weighted by Gasteiger charge is 2.33. The zero-order valence-electron chi connectivity index (χ0n) is 11.8. The highest BCUT2D eigenvalue weighted by atomic mass is 16.4. The lowest BCUT2D eigenvalue weighted by atomic mass is 9.93. The van der Waals surface area contributed by atoms with Gasteiger partial charge in [0.25, 0.3) is 0 Å². The van der Waals surface area contributed by atoms with Crippen LogP contribution in [0.1, 0.15) is 39.5 Å². The van der Waals surface area contributed by atoms with Crippen molar-refractivity contribution in [3.8, 4) is 0 Å². The summed E-state index contributed by atoms with van der Waals surface area (Å²) in [5, 5.41) is 9.08. The summed E-state index contributed by atoms with van der Waals surface area (Å²) >= 11 is 0. The van der Waals surface area contributed by atoms with Gasteiger partial charge < -0.3 is 14.9 Å². The molecule has 5 heteroatoms. The summed E-state index contributed by atoms with van der Waals surface area (Å²) in [5.74, 6) is -0.498. The van der Waals surface area contributed by atoms with Crippen molar-refractivity contribution < 1.29 is 14.7 Å². The summed E-state index contributed by atoms with van der Waals surface area (Å²) < 4.78 is 0. The molecule has 2 heterocycles. The SMILES string of the molecule is CC1CCN(C(=O)N2CCC[C@H](C(=O)O)C2)C(C)C1. The minimum absolute atomic E-state index is 0.0327. The summed E-state index contributed by atoms with van der Waals surface area (Å²) in [6, 6.07) is 0.298. The lowest BCUT2D eigenvalue weighted by molar-refractivity contribution is -0.143. The fourth-order valence-electron chi connectivity index (χ4n) is 3.23. The van der Waals surface area contributed by atoms with Crippen molar-refractivity contribution in [2.45, 2.75) is 45.6 Å². The predicted molar refractivity (Wildman–Crippen MR) is 71.9 cm³/mol. The first kappa shape index (κ1) is 14.2. The zero-order valence-corrected chi connectivity index (χ0v) is 11.8. The van der Waals surface area contributed by atoms with Gasteiger partial charge in [-0.2, -0.15) is 0 Å². The number of piperidine rings is 2. The molecule has 5 nitrogen and oxygen atoms in total. The third-order valence-electron chi connectivity index (χ3n) is 4.43. The first-order valence-electron chi connectivity index (χ1n) is 7.27. The molecule has 0 saturated carbocycles. The van der Waals surface area contributed by atoms with Gasteiger partial charge in [-0.25, -0.2) is 4.79 Å². The second kappa shape index (κ2) is 5.80. The van der Waals surface area contributed by atoms with E-state index in [1.807, 2.05) is 4.90 Å². The Morgan fingerprint density at radius 3 is 2.53 bits per heavy atom. The summed E-state index contributed by atoms with van der Waals surface area (Å²) in [4.78, 5) is 27.2. The van der Waals surface area contributed by atoms with Crippen LogP contribution in [0.3, 0.4) is 0 Å². The summed E-state index contributed by atoms with van der Waals surface area (Å²) in [6.45, 7) is 6.18. The number of aliphatic carboxylic acids is 1. The number of urea groups is 1. The minimum Gasteiger partial charge on any atom is -0.481 e. The Balaban J connectivity index is 1.97. The molecule has 2 rings (SSSR count). The monoisotopic (exact) mass is 268 g/mol. The minimum atomic E-state index is -0.780. The van der Waals surface area contributed by atoms with Crippen LogP contribution in [-0.4, -0.2) is 52.6 Å². The van der Waals surface area contributed by atoms with Crippen LogP contribution in [0.5, 0.6) is 0 Å². The van der Waals surface area contributed by atoms with Crippen molar-refractivity contribution in [1.82, 2.24) is 9.80 Å². The smallest absolute Gasteiger partial charge is 0.320 e. The van der Waals surface area contributed by atoms with E-state index < -0.39 is 11.9 Å². The van der Waals surface area contributed by atoms with Crippen molar-refractivity contribution in [2.24, 2.45) is 11.8 Å². The van der Waals surface area contributed by atoms with Gasteiger partial charge in [0.1, 0.15) is 0 Å². The van der Waals surface area contributed by atoms with Gasteiger partial charge in [0, 0.05) is 25.7 Å². The highest BCUT2D eigenvalue weighted by Crippen LogP contribution is 2.25. The van der Waals surface area contributed by atoms with Crippen molar-refractivity contribution in [3.63, 3.8) is 0 Å². The average Bonchev–Trinajstić information content (AvgIpc) is 2.38. The van der Waals surface area contributed by atoms with Crippen LogP contribution in [0.2, 0.25) is 0 Å². The van der Waals surface area contributed by atoms with Crippen LogP contribution < -0.4 is 0 Å². The molecule has 0 aromatic carbocycles. The van der Waals surface area contributed by atoms with Gasteiger partial charge in [-0.1, -0.05) is 6.92 Å². The van der Waals surface area contributed by atoms with Crippen LogP contribution in [0.4, 0.5) is 4.79 Å². The van der Waals surface area contributed by atoms with Gasteiger partial charge in [-0.15, -0.1) is 0 Å². The summed E-state index contributed by atoms with van der Waals surface area (Å²) in [5.41, 5.74) is 0. The Hall–Kier alpha value is -1.26. The number of hydrogen-bond donors (Lipinski definition) is 1. The Morgan fingerprint density at radius 1 is 1.16 bits per heavy atom. The number of carbonyl (C=O) groups excluding carboxylic acids is 1. The lowest BCUT2D eigenvalue weighted by Gasteiger charge is -2.41. The van der Waals surface area contributed by atoms with Crippen molar-refractivity contribution in [3.05, 3.63) is 0 Å². The van der Waals surface area contributed by atoms with Gasteiger partial charge in [-0.3, -0.25) is 4.79 Å². The lowest BCUT2D eigenvalue weighted by Crippen LogP contribution is -2.53. The molecule has 0 bridgehead atoms. The molecular formula is C14H24N2O3. The first-order valence-corrected chi connectivity index (χ1v) is 7.27. The van der Waals surface area contributed by atoms with E-state index in [1.54, 1.807) is 4.90 Å². The van der Waals surface area contributed by atoms with E-state index in [4.69, 9.17) is 5.11 Å². The fourth-order valence-corrected chi connectivity index (χ4v) is 3.23. The molecule has 2 saturated heterocycles. The standard InChI is InChI=1S/C14H24N2O3/c1-10-5-7-16(11(2)8-10)14(19)15-6-3-4-12(9-15)13(17)18/h10-12H,3-9H2,1-2H3,(H,17,18)/t10?,11?,12-/m0/s1. The topological polar surface area (TPSA) is 60.9 Å². The number of likely N-dealkylation sites (tertiary alicyclic amines) is 2. The van der Waals surface area contributed by atoms with Crippen LogP contribution in [0, 0.1) is 11.8 Å². The maximum Gasteiger partial charge on any atom is 0.320 e. The second-order valence-electron chi connectivity index (χ2n) is 6.08. The molecule has 2 fully saturated rings. The molecule has 3 atom stereocenters. The molecule has 108 valence electrons. The Labute approximate surface area is 114 Å². The average molecular weight is 268 g/mol. The second-order valence-corrected chi connectivity index (χ2v) is 6.08. The van der Waals surface area contributed by atoms with E-state index in [1.165, 1.54) is 0 Å². The molecule has 0 aliphatic carbocycles. The third-order valence-corrected chi connectivity index (χ3v) is 4.43. The Morgan fingerprint density at radius 2 is 1.89 bits per heavy atom. The molecule has 2 unspecified atom stereocenters. The van der Waals surface area contributed by atoms with E-state index in [0.717, 1.165) is 25.8 Å². The summed E-state index contributed by atoms with van der Waals surface area (Å²) in [7, 11) is 0. The maximum absolute atomic E-state index is 12.5. The number of carboxylic acids is 1. The van der Waals surface area contributed by atoms with Gasteiger partial charge in [0.15, 0.2) is 0 Å². The number of hydrogen-bond acceptors (Lipinski definition) is 2. The largest absolute Gasteiger partial charge is 0.481 e. The van der Waals surface area contributed by atoms with Gasteiger partial charge in [-0.05, 0) is 38.5 Å². The van der Waals surface area contributed by atoms with Crippen LogP contribution in [-0.2, 0) is 4.79 Å². The molecule has 0 aromatic rings. The normalized spacial score (nSPS) is 32.2. The van der Waals surface area contributed by atoms with Gasteiger partial charge >= 0.3 is 12.0 Å². The van der Waals surface area contributed by atoms with Crippen molar-refractivity contribution in [1.29, 1.82) is 0 Å². The first-order chi connectivity index (χ1) is 8.99. The third kappa shape index (κ3) is 3.19. The van der Waals surface area contributed by atoms with E-state index in [0.29, 0.717) is 25.4 Å². The molecule has 19 heavy (non-hydrogen) atoms. The molecular weight excluding hydrogens is 244 g/mol. The van der Waals surface area contributed by atoms with Gasteiger partial charge in [0.2, 0.25) is 0 Å². The van der Waals surface area contributed by atoms with E-state index >= 15 is 0 Å².